The molecule has 0 bridgehead atoms. The van der Waals surface area contributed by atoms with Crippen LogP contribution in [0.5, 0.6) is 0 Å². The number of nitrogens with one attached hydrogen (secondary N) is 1. The third-order valence-corrected chi connectivity index (χ3v) is 6.23. The molecular formula is C22H26N4O3S. The number of benzene rings is 1. The van der Waals surface area contributed by atoms with Gasteiger partial charge in [0, 0.05) is 29.6 Å². The first-order valence-electron chi connectivity index (χ1n) is 10.2. The molecule has 0 fully saturated rings. The minimum atomic E-state index is -0.177. The number of aromatic nitrogens is 2. The van der Waals surface area contributed by atoms with Crippen molar-refractivity contribution in [3.63, 3.8) is 0 Å². The Kier molecular flexibility index (Phi) is 5.60. The molecule has 2 amide bonds. The van der Waals surface area contributed by atoms with Gasteiger partial charge in [0.1, 0.15) is 5.69 Å². The van der Waals surface area contributed by atoms with E-state index in [9.17, 15) is 9.59 Å². The van der Waals surface area contributed by atoms with Gasteiger partial charge >= 0.3 is 0 Å². The van der Waals surface area contributed by atoms with Crippen molar-refractivity contribution in [1.29, 1.82) is 0 Å². The molecule has 30 heavy (non-hydrogen) atoms. The maximum absolute atomic E-state index is 12.6. The molecule has 1 aromatic carbocycles. The SMILES string of the molecule is Cc1cc(C)c2c(CC(=O)Nc3nc4c(s3)CN(C(=O)CC(C)C)CC4)noc2c1. The van der Waals surface area contributed by atoms with Crippen LogP contribution in [0.4, 0.5) is 5.13 Å². The molecule has 0 atom stereocenters. The first kappa shape index (κ1) is 20.5. The maximum Gasteiger partial charge on any atom is 0.232 e. The molecule has 3 aromatic rings. The van der Waals surface area contributed by atoms with Crippen LogP contribution in [0.2, 0.25) is 0 Å². The molecule has 0 aliphatic carbocycles. The minimum absolute atomic E-state index is 0.125. The number of fused-ring (bicyclic) bond motifs is 2. The Labute approximate surface area is 179 Å². The summed E-state index contributed by atoms with van der Waals surface area (Å²) in [7, 11) is 0. The number of rotatable bonds is 5. The smallest absolute Gasteiger partial charge is 0.232 e. The molecule has 2 aromatic heterocycles. The third kappa shape index (κ3) is 4.23. The van der Waals surface area contributed by atoms with Gasteiger partial charge in [-0.15, -0.1) is 0 Å². The van der Waals surface area contributed by atoms with E-state index in [1.807, 2.05) is 38.7 Å². The molecule has 7 nitrogen and oxygen atoms in total. The summed E-state index contributed by atoms with van der Waals surface area (Å²) < 4.78 is 5.41. The lowest BCUT2D eigenvalue weighted by molar-refractivity contribution is -0.132. The summed E-state index contributed by atoms with van der Waals surface area (Å²) in [6.45, 7) is 9.35. The van der Waals surface area contributed by atoms with Gasteiger partial charge in [-0.3, -0.25) is 9.59 Å². The zero-order valence-electron chi connectivity index (χ0n) is 17.7. The fourth-order valence-electron chi connectivity index (χ4n) is 3.90. The minimum Gasteiger partial charge on any atom is -0.356 e. The van der Waals surface area contributed by atoms with Gasteiger partial charge in [-0.05, 0) is 37.0 Å². The highest BCUT2D eigenvalue weighted by Crippen LogP contribution is 2.29. The number of carbonyl (C=O) groups excluding carboxylic acids is 2. The predicted octanol–water partition coefficient (Wildman–Crippen LogP) is 4.01. The van der Waals surface area contributed by atoms with Crippen LogP contribution in [0, 0.1) is 19.8 Å². The fraction of sp³-hybridized carbons (Fsp3) is 0.455. The van der Waals surface area contributed by atoms with Crippen molar-refractivity contribution in [3.05, 3.63) is 39.5 Å². The Balaban J connectivity index is 1.43. The topological polar surface area (TPSA) is 88.3 Å². The van der Waals surface area contributed by atoms with Crippen molar-refractivity contribution in [2.24, 2.45) is 5.92 Å². The van der Waals surface area contributed by atoms with E-state index in [0.29, 0.717) is 41.8 Å². The van der Waals surface area contributed by atoms with Crippen molar-refractivity contribution in [2.75, 3.05) is 11.9 Å². The van der Waals surface area contributed by atoms with Crippen LogP contribution in [0.1, 0.15) is 47.7 Å². The number of anilines is 1. The zero-order valence-corrected chi connectivity index (χ0v) is 18.6. The molecule has 0 saturated heterocycles. The van der Waals surface area contributed by atoms with Gasteiger partial charge in [0.2, 0.25) is 11.8 Å². The van der Waals surface area contributed by atoms with E-state index < -0.39 is 0 Å². The average molecular weight is 427 g/mol. The standard InChI is InChI=1S/C22H26N4O3S/c1-12(2)7-20(28)26-6-5-15-18(11-26)30-22(23-15)24-19(27)10-16-21-14(4)8-13(3)9-17(21)29-25-16/h8-9,12H,5-7,10-11H2,1-4H3,(H,23,24,27). The van der Waals surface area contributed by atoms with Crippen LogP contribution < -0.4 is 5.32 Å². The van der Waals surface area contributed by atoms with Crippen molar-refractivity contribution >= 4 is 39.3 Å². The number of hydrogen-bond donors (Lipinski definition) is 1. The lowest BCUT2D eigenvalue weighted by atomic mass is 10.0. The Hall–Kier alpha value is -2.74. The second-order valence-corrected chi connectivity index (χ2v) is 9.44. The van der Waals surface area contributed by atoms with E-state index in [0.717, 1.165) is 33.5 Å². The van der Waals surface area contributed by atoms with Gasteiger partial charge in [-0.2, -0.15) is 0 Å². The summed E-state index contributed by atoms with van der Waals surface area (Å²) in [5.41, 5.74) is 4.45. The summed E-state index contributed by atoms with van der Waals surface area (Å²) in [6, 6.07) is 3.99. The Morgan fingerprint density at radius 3 is 2.87 bits per heavy atom. The van der Waals surface area contributed by atoms with Crippen molar-refractivity contribution in [3.8, 4) is 0 Å². The van der Waals surface area contributed by atoms with Gasteiger partial charge in [-0.1, -0.05) is 36.4 Å². The number of hydrogen-bond acceptors (Lipinski definition) is 6. The number of nitrogens with zero attached hydrogens (tertiary/aromatic N) is 3. The molecule has 1 aliphatic heterocycles. The van der Waals surface area contributed by atoms with Crippen molar-refractivity contribution < 1.29 is 14.1 Å². The predicted molar refractivity (Wildman–Crippen MR) is 117 cm³/mol. The molecule has 158 valence electrons. The van der Waals surface area contributed by atoms with E-state index in [2.05, 4.69) is 21.5 Å². The van der Waals surface area contributed by atoms with Gasteiger partial charge in [-0.25, -0.2) is 4.98 Å². The second-order valence-electron chi connectivity index (χ2n) is 8.36. The van der Waals surface area contributed by atoms with Crippen LogP contribution in [0.15, 0.2) is 16.7 Å². The fourth-order valence-corrected chi connectivity index (χ4v) is 4.94. The number of carbonyl (C=O) groups is 2. The average Bonchev–Trinajstić information content (AvgIpc) is 3.23. The van der Waals surface area contributed by atoms with Crippen LogP contribution in [-0.2, 0) is 29.0 Å². The number of aryl methyl sites for hydroxylation is 2. The molecular weight excluding hydrogens is 400 g/mol. The molecule has 8 heteroatoms. The maximum atomic E-state index is 12.6. The molecule has 0 radical (unpaired) electrons. The molecule has 1 N–H and O–H groups in total. The van der Waals surface area contributed by atoms with E-state index >= 15 is 0 Å². The Morgan fingerprint density at radius 1 is 1.30 bits per heavy atom. The monoisotopic (exact) mass is 426 g/mol. The van der Waals surface area contributed by atoms with Crippen LogP contribution in [-0.4, -0.2) is 33.4 Å². The molecule has 1 aliphatic rings. The molecule has 4 rings (SSSR count). The summed E-state index contributed by atoms with van der Waals surface area (Å²) in [4.78, 5) is 32.5. The molecule has 0 spiro atoms. The highest BCUT2D eigenvalue weighted by atomic mass is 32.1. The molecule has 3 heterocycles. The third-order valence-electron chi connectivity index (χ3n) is 5.23. The Bertz CT molecular complexity index is 1120. The van der Waals surface area contributed by atoms with E-state index in [1.54, 1.807) is 0 Å². The highest BCUT2D eigenvalue weighted by molar-refractivity contribution is 7.15. The van der Waals surface area contributed by atoms with Crippen LogP contribution in [0.3, 0.4) is 0 Å². The lowest BCUT2D eigenvalue weighted by Crippen LogP contribution is -2.36. The van der Waals surface area contributed by atoms with E-state index in [-0.39, 0.29) is 18.2 Å². The van der Waals surface area contributed by atoms with Crippen molar-refractivity contribution in [2.45, 2.75) is 53.5 Å². The van der Waals surface area contributed by atoms with Crippen molar-refractivity contribution in [1.82, 2.24) is 15.0 Å². The van der Waals surface area contributed by atoms with Gasteiger partial charge in [0.05, 0.1) is 18.7 Å². The van der Waals surface area contributed by atoms with Gasteiger partial charge < -0.3 is 14.7 Å². The summed E-state index contributed by atoms with van der Waals surface area (Å²) in [5, 5.41) is 8.46. The highest BCUT2D eigenvalue weighted by Gasteiger charge is 2.25. The zero-order chi connectivity index (χ0) is 21.4. The number of amides is 2. The second kappa shape index (κ2) is 8.18. The Morgan fingerprint density at radius 2 is 2.10 bits per heavy atom. The number of thiazole rings is 1. The molecule has 0 unspecified atom stereocenters. The largest absolute Gasteiger partial charge is 0.356 e. The first-order valence-corrected chi connectivity index (χ1v) is 11.0. The summed E-state index contributed by atoms with van der Waals surface area (Å²) in [5.74, 6) is 0.345. The normalized spacial score (nSPS) is 13.7. The first-order chi connectivity index (χ1) is 14.3. The van der Waals surface area contributed by atoms with Gasteiger partial charge in [0.25, 0.3) is 0 Å². The van der Waals surface area contributed by atoms with Crippen LogP contribution >= 0.6 is 11.3 Å². The quantitative estimate of drug-likeness (QED) is 0.666. The van der Waals surface area contributed by atoms with E-state index in [1.165, 1.54) is 11.3 Å². The van der Waals surface area contributed by atoms with Crippen LogP contribution in [0.25, 0.3) is 11.0 Å². The lowest BCUT2D eigenvalue weighted by Gasteiger charge is -2.26. The van der Waals surface area contributed by atoms with Gasteiger partial charge in [0.15, 0.2) is 10.7 Å². The summed E-state index contributed by atoms with van der Waals surface area (Å²) in [6.07, 6.45) is 1.40. The summed E-state index contributed by atoms with van der Waals surface area (Å²) >= 11 is 1.44. The van der Waals surface area contributed by atoms with E-state index in [4.69, 9.17) is 4.52 Å². The molecule has 0 saturated carbocycles.